The molecule has 1 N–H and O–H groups in total. The highest BCUT2D eigenvalue weighted by Crippen LogP contribution is 2.19. The summed E-state index contributed by atoms with van der Waals surface area (Å²) >= 11 is 5.41. The van der Waals surface area contributed by atoms with Crippen molar-refractivity contribution in [2.75, 3.05) is 31.4 Å². The molecule has 1 aliphatic heterocycles. The van der Waals surface area contributed by atoms with Crippen molar-refractivity contribution >= 4 is 27.3 Å². The lowest BCUT2D eigenvalue weighted by Gasteiger charge is -2.21. The average Bonchev–Trinajstić information content (AvgIpc) is 2.28. The van der Waals surface area contributed by atoms with Crippen LogP contribution < -0.4 is 5.32 Å². The predicted octanol–water partition coefficient (Wildman–Crippen LogP) is 0.325. The minimum absolute atomic E-state index is 0.119. The van der Waals surface area contributed by atoms with E-state index in [1.807, 2.05) is 0 Å². The van der Waals surface area contributed by atoms with E-state index in [2.05, 4.69) is 5.32 Å². The molecule has 0 aromatic heterocycles. The molecule has 0 spiro atoms. The molecule has 0 bridgehead atoms. The number of nitrogens with one attached hydrogen (secondary N) is 1. The minimum atomic E-state index is -3.24. The number of halogens is 1. The first-order valence-electron chi connectivity index (χ1n) is 5.71. The van der Waals surface area contributed by atoms with Crippen LogP contribution in [0.2, 0.25) is 0 Å². The SMILES string of the molecule is O=C(NCCOCCCl)C1CCCCS1(=O)=O. The summed E-state index contributed by atoms with van der Waals surface area (Å²) in [7, 11) is -3.24. The Bertz CT molecular complexity index is 344. The van der Waals surface area contributed by atoms with Gasteiger partial charge in [0, 0.05) is 12.4 Å². The van der Waals surface area contributed by atoms with Crippen molar-refractivity contribution in [3.05, 3.63) is 0 Å². The molecule has 1 amide bonds. The van der Waals surface area contributed by atoms with Crippen LogP contribution in [0.5, 0.6) is 0 Å². The van der Waals surface area contributed by atoms with Gasteiger partial charge in [-0.05, 0) is 12.8 Å². The first-order valence-corrected chi connectivity index (χ1v) is 7.96. The maximum absolute atomic E-state index is 11.7. The molecule has 1 aliphatic rings. The fraction of sp³-hybridized carbons (Fsp3) is 0.900. The summed E-state index contributed by atoms with van der Waals surface area (Å²) in [5, 5.41) is 1.71. The second kappa shape index (κ2) is 7.18. The summed E-state index contributed by atoms with van der Waals surface area (Å²) in [6.07, 6.45) is 1.88. The summed E-state index contributed by atoms with van der Waals surface area (Å²) in [5.41, 5.74) is 0. The molecule has 0 aliphatic carbocycles. The average molecular weight is 284 g/mol. The van der Waals surface area contributed by atoms with Crippen molar-refractivity contribution in [3.63, 3.8) is 0 Å². The lowest BCUT2D eigenvalue weighted by molar-refractivity contribution is -0.121. The topological polar surface area (TPSA) is 72.5 Å². The number of carbonyl (C=O) groups excluding carboxylic acids is 1. The molecular weight excluding hydrogens is 266 g/mol. The van der Waals surface area contributed by atoms with Gasteiger partial charge in [0.1, 0.15) is 5.25 Å². The molecule has 1 rings (SSSR count). The Kier molecular flexibility index (Phi) is 6.22. The maximum atomic E-state index is 11.7. The van der Waals surface area contributed by atoms with Gasteiger partial charge in [-0.2, -0.15) is 0 Å². The summed E-state index contributed by atoms with van der Waals surface area (Å²) in [4.78, 5) is 11.7. The molecular formula is C10H18ClNO4S. The van der Waals surface area contributed by atoms with Crippen molar-refractivity contribution in [2.45, 2.75) is 24.5 Å². The third-order valence-electron chi connectivity index (χ3n) is 2.64. The second-order valence-corrected chi connectivity index (χ2v) is 6.62. The molecule has 1 unspecified atom stereocenters. The van der Waals surface area contributed by atoms with E-state index in [-0.39, 0.29) is 5.75 Å². The van der Waals surface area contributed by atoms with Gasteiger partial charge in [-0.3, -0.25) is 4.79 Å². The van der Waals surface area contributed by atoms with Crippen LogP contribution in [-0.2, 0) is 19.4 Å². The Hall–Kier alpha value is -0.330. The maximum Gasteiger partial charge on any atom is 0.238 e. The number of rotatable bonds is 6. The van der Waals surface area contributed by atoms with Crippen LogP contribution in [0.3, 0.4) is 0 Å². The van der Waals surface area contributed by atoms with Gasteiger partial charge in [0.25, 0.3) is 0 Å². The van der Waals surface area contributed by atoms with Gasteiger partial charge in [0.15, 0.2) is 9.84 Å². The van der Waals surface area contributed by atoms with Crippen molar-refractivity contribution in [3.8, 4) is 0 Å². The Labute approximate surface area is 107 Å². The van der Waals surface area contributed by atoms with Crippen LogP contribution >= 0.6 is 11.6 Å². The molecule has 0 aromatic carbocycles. The van der Waals surface area contributed by atoms with E-state index in [0.29, 0.717) is 38.5 Å². The molecule has 1 saturated heterocycles. The van der Waals surface area contributed by atoms with Gasteiger partial charge < -0.3 is 10.1 Å². The number of carbonyl (C=O) groups is 1. The molecule has 1 fully saturated rings. The van der Waals surface area contributed by atoms with Crippen molar-refractivity contribution in [1.29, 1.82) is 0 Å². The first kappa shape index (κ1) is 14.7. The molecule has 1 atom stereocenters. The minimum Gasteiger partial charge on any atom is -0.378 e. The molecule has 17 heavy (non-hydrogen) atoms. The molecule has 0 aromatic rings. The zero-order valence-electron chi connectivity index (χ0n) is 9.65. The lowest BCUT2D eigenvalue weighted by Crippen LogP contribution is -2.43. The van der Waals surface area contributed by atoms with Crippen molar-refractivity contribution in [2.24, 2.45) is 0 Å². The first-order chi connectivity index (χ1) is 8.08. The third-order valence-corrected chi connectivity index (χ3v) is 4.97. The molecule has 0 saturated carbocycles. The van der Waals surface area contributed by atoms with E-state index in [4.69, 9.17) is 16.3 Å². The Morgan fingerprint density at radius 1 is 1.35 bits per heavy atom. The number of hydrogen-bond donors (Lipinski definition) is 1. The van der Waals surface area contributed by atoms with Crippen LogP contribution in [0.4, 0.5) is 0 Å². The zero-order valence-corrected chi connectivity index (χ0v) is 11.2. The van der Waals surface area contributed by atoms with E-state index >= 15 is 0 Å². The highest BCUT2D eigenvalue weighted by Gasteiger charge is 2.34. The summed E-state index contributed by atoms with van der Waals surface area (Å²) in [6, 6.07) is 0. The van der Waals surface area contributed by atoms with Crippen LogP contribution in [-0.4, -0.2) is 51.0 Å². The van der Waals surface area contributed by atoms with Crippen LogP contribution in [0.25, 0.3) is 0 Å². The standard InChI is InChI=1S/C10H18ClNO4S/c11-4-6-16-7-5-12-10(13)9-3-1-2-8-17(9,14)15/h9H,1-8H2,(H,12,13). The number of amides is 1. The predicted molar refractivity (Wildman–Crippen MR) is 66.0 cm³/mol. The highest BCUT2D eigenvalue weighted by molar-refractivity contribution is 7.92. The molecule has 1 heterocycles. The van der Waals surface area contributed by atoms with Crippen LogP contribution in [0, 0.1) is 0 Å². The summed E-state index contributed by atoms with van der Waals surface area (Å²) in [5.74, 6) is 0.123. The third kappa shape index (κ3) is 4.81. The summed E-state index contributed by atoms with van der Waals surface area (Å²) in [6.45, 7) is 1.10. The van der Waals surface area contributed by atoms with Gasteiger partial charge in [-0.25, -0.2) is 8.42 Å². The lowest BCUT2D eigenvalue weighted by atomic mass is 10.2. The second-order valence-electron chi connectivity index (χ2n) is 3.94. The van der Waals surface area contributed by atoms with Crippen molar-refractivity contribution in [1.82, 2.24) is 5.32 Å². The van der Waals surface area contributed by atoms with E-state index < -0.39 is 21.0 Å². The van der Waals surface area contributed by atoms with Gasteiger partial charge in [0.2, 0.25) is 5.91 Å². The van der Waals surface area contributed by atoms with E-state index in [9.17, 15) is 13.2 Å². The fourth-order valence-corrected chi connectivity index (χ4v) is 3.70. The largest absolute Gasteiger partial charge is 0.378 e. The number of ether oxygens (including phenoxy) is 1. The van der Waals surface area contributed by atoms with Gasteiger partial charge in [-0.15, -0.1) is 11.6 Å². The van der Waals surface area contributed by atoms with Gasteiger partial charge in [0.05, 0.1) is 19.0 Å². The van der Waals surface area contributed by atoms with E-state index in [0.717, 1.165) is 6.42 Å². The highest BCUT2D eigenvalue weighted by atomic mass is 35.5. The number of sulfone groups is 1. The summed E-state index contributed by atoms with van der Waals surface area (Å²) < 4.78 is 28.4. The Balaban J connectivity index is 2.31. The Morgan fingerprint density at radius 2 is 2.12 bits per heavy atom. The molecule has 7 heteroatoms. The Morgan fingerprint density at radius 3 is 2.76 bits per heavy atom. The fourth-order valence-electron chi connectivity index (χ4n) is 1.77. The van der Waals surface area contributed by atoms with Crippen molar-refractivity contribution < 1.29 is 17.9 Å². The van der Waals surface area contributed by atoms with Gasteiger partial charge in [-0.1, -0.05) is 6.42 Å². The number of hydrogen-bond acceptors (Lipinski definition) is 4. The van der Waals surface area contributed by atoms with Crippen LogP contribution in [0.1, 0.15) is 19.3 Å². The van der Waals surface area contributed by atoms with Crippen LogP contribution in [0.15, 0.2) is 0 Å². The van der Waals surface area contributed by atoms with E-state index in [1.165, 1.54) is 0 Å². The zero-order chi connectivity index (χ0) is 12.7. The van der Waals surface area contributed by atoms with Gasteiger partial charge >= 0.3 is 0 Å². The molecule has 100 valence electrons. The molecule has 5 nitrogen and oxygen atoms in total. The smallest absolute Gasteiger partial charge is 0.238 e. The van der Waals surface area contributed by atoms with E-state index in [1.54, 1.807) is 0 Å². The quantitative estimate of drug-likeness (QED) is 0.563. The monoisotopic (exact) mass is 283 g/mol. The molecule has 0 radical (unpaired) electrons. The normalized spacial score (nSPS) is 23.2. The number of alkyl halides is 1.